The van der Waals surface area contributed by atoms with E-state index in [4.69, 9.17) is 0 Å². The zero-order valence-electron chi connectivity index (χ0n) is 20.1. The van der Waals surface area contributed by atoms with E-state index in [1.165, 1.54) is 61.3 Å². The largest absolute Gasteiger partial charge is 0.378 e. The molecule has 0 atom stereocenters. The maximum Gasteiger partial charge on any atom is 0.0365 e. The first-order chi connectivity index (χ1) is 14.4. The van der Waals surface area contributed by atoms with Gasteiger partial charge in [0.05, 0.1) is 0 Å². The highest BCUT2D eigenvalue weighted by atomic mass is 15.1. The van der Waals surface area contributed by atoms with E-state index < -0.39 is 0 Å². The Balaban J connectivity index is 1.54. The van der Waals surface area contributed by atoms with Gasteiger partial charge in [0.15, 0.2) is 0 Å². The molecule has 2 aromatic rings. The van der Waals surface area contributed by atoms with Crippen LogP contribution in [0, 0.1) is 0 Å². The molecular weight excluding hydrogens is 368 g/mol. The molecule has 0 bridgehead atoms. The monoisotopic (exact) mass is 410 g/mol. The van der Waals surface area contributed by atoms with E-state index in [0.717, 1.165) is 13.1 Å². The highest BCUT2D eigenvalue weighted by molar-refractivity contribution is 5.56. The summed E-state index contributed by atoms with van der Waals surface area (Å²) >= 11 is 0. The molecular formula is C26H42N4. The molecule has 30 heavy (non-hydrogen) atoms. The van der Waals surface area contributed by atoms with Crippen molar-refractivity contribution in [3.63, 3.8) is 0 Å². The Morgan fingerprint density at radius 3 is 0.967 bits per heavy atom. The van der Waals surface area contributed by atoms with Crippen molar-refractivity contribution in [3.8, 4) is 0 Å². The summed E-state index contributed by atoms with van der Waals surface area (Å²) < 4.78 is 0. The van der Waals surface area contributed by atoms with Crippen molar-refractivity contribution in [1.29, 1.82) is 0 Å². The van der Waals surface area contributed by atoms with E-state index in [1.54, 1.807) is 0 Å². The van der Waals surface area contributed by atoms with Gasteiger partial charge in [0.25, 0.3) is 0 Å². The molecule has 4 nitrogen and oxygen atoms in total. The first kappa shape index (κ1) is 23.9. The van der Waals surface area contributed by atoms with Crippen molar-refractivity contribution in [2.45, 2.75) is 38.5 Å². The van der Waals surface area contributed by atoms with Crippen molar-refractivity contribution in [3.05, 3.63) is 48.5 Å². The smallest absolute Gasteiger partial charge is 0.0365 e. The molecule has 0 saturated carbocycles. The Labute approximate surface area is 185 Å². The standard InChI is InChI=1S/C26H42N4/c1-27(2)23-13-17-25(18-14-23)29(5)21-11-9-7-8-10-12-22-30(6)26-19-15-24(16-20-26)28(3)4/h13-20H,7-12,21-22H2,1-6H3. The lowest BCUT2D eigenvalue weighted by molar-refractivity contribution is 0.592. The zero-order chi connectivity index (χ0) is 21.9. The highest BCUT2D eigenvalue weighted by Crippen LogP contribution is 2.20. The molecule has 0 radical (unpaired) electrons. The molecule has 0 heterocycles. The number of hydrogen-bond acceptors (Lipinski definition) is 4. The Morgan fingerprint density at radius 1 is 0.400 bits per heavy atom. The normalized spacial score (nSPS) is 10.7. The van der Waals surface area contributed by atoms with E-state index in [9.17, 15) is 0 Å². The van der Waals surface area contributed by atoms with Crippen molar-refractivity contribution in [2.75, 3.05) is 75.0 Å². The minimum atomic E-state index is 1.13. The minimum absolute atomic E-state index is 1.13. The molecule has 0 spiro atoms. The summed E-state index contributed by atoms with van der Waals surface area (Å²) in [6.07, 6.45) is 7.86. The molecule has 0 fully saturated rings. The molecule has 0 aliphatic heterocycles. The fourth-order valence-electron chi connectivity index (χ4n) is 3.67. The predicted molar refractivity (Wildman–Crippen MR) is 136 cm³/mol. The minimum Gasteiger partial charge on any atom is -0.378 e. The number of benzene rings is 2. The van der Waals surface area contributed by atoms with E-state index in [0.29, 0.717) is 0 Å². The fourth-order valence-corrected chi connectivity index (χ4v) is 3.67. The van der Waals surface area contributed by atoms with Gasteiger partial charge < -0.3 is 19.6 Å². The predicted octanol–water partition coefficient (Wildman–Crippen LogP) is 5.73. The molecule has 0 amide bonds. The third kappa shape index (κ3) is 7.81. The van der Waals surface area contributed by atoms with Gasteiger partial charge in [0.1, 0.15) is 0 Å². The first-order valence-corrected chi connectivity index (χ1v) is 11.4. The molecule has 0 aliphatic rings. The molecule has 4 heteroatoms. The number of nitrogens with zero attached hydrogens (tertiary/aromatic N) is 4. The second-order valence-electron chi connectivity index (χ2n) is 8.79. The van der Waals surface area contributed by atoms with Gasteiger partial charge in [0, 0.05) is 78.1 Å². The topological polar surface area (TPSA) is 13.0 Å². The number of unbranched alkanes of at least 4 members (excludes halogenated alkanes) is 5. The van der Waals surface area contributed by atoms with Crippen LogP contribution in [0.5, 0.6) is 0 Å². The maximum absolute atomic E-state index is 2.37. The number of hydrogen-bond donors (Lipinski definition) is 0. The SMILES string of the molecule is CN(C)c1ccc(N(C)CCCCCCCCN(C)c2ccc(N(C)C)cc2)cc1. The third-order valence-corrected chi connectivity index (χ3v) is 5.85. The van der Waals surface area contributed by atoms with Gasteiger partial charge in [-0.25, -0.2) is 0 Å². The van der Waals surface area contributed by atoms with E-state index in [1.807, 2.05) is 0 Å². The second kappa shape index (κ2) is 12.4. The van der Waals surface area contributed by atoms with Crippen LogP contribution in [0.15, 0.2) is 48.5 Å². The van der Waals surface area contributed by atoms with E-state index >= 15 is 0 Å². The summed E-state index contributed by atoms with van der Waals surface area (Å²) in [5.74, 6) is 0. The average molecular weight is 411 g/mol. The molecule has 0 N–H and O–H groups in total. The Bertz CT molecular complexity index is 643. The lowest BCUT2D eigenvalue weighted by atomic mass is 10.1. The Kier molecular flexibility index (Phi) is 9.85. The summed E-state index contributed by atoms with van der Waals surface area (Å²) in [6, 6.07) is 17.7. The average Bonchev–Trinajstić information content (AvgIpc) is 2.75. The van der Waals surface area contributed by atoms with Gasteiger partial charge in [0.2, 0.25) is 0 Å². The summed E-state index contributed by atoms with van der Waals surface area (Å²) in [5.41, 5.74) is 5.12. The fraction of sp³-hybridized carbons (Fsp3) is 0.538. The summed E-state index contributed by atoms with van der Waals surface area (Å²) in [5, 5.41) is 0. The number of rotatable bonds is 13. The molecule has 0 aromatic heterocycles. The zero-order valence-corrected chi connectivity index (χ0v) is 20.1. The van der Waals surface area contributed by atoms with Crippen LogP contribution >= 0.6 is 0 Å². The van der Waals surface area contributed by atoms with E-state index in [-0.39, 0.29) is 0 Å². The third-order valence-electron chi connectivity index (χ3n) is 5.85. The lowest BCUT2D eigenvalue weighted by Gasteiger charge is -2.21. The Morgan fingerprint density at radius 2 is 0.667 bits per heavy atom. The molecule has 0 unspecified atom stereocenters. The lowest BCUT2D eigenvalue weighted by Crippen LogP contribution is -2.19. The Hall–Kier alpha value is -2.36. The molecule has 0 aliphatic carbocycles. The quantitative estimate of drug-likeness (QED) is 0.391. The van der Waals surface area contributed by atoms with Crippen molar-refractivity contribution in [1.82, 2.24) is 0 Å². The van der Waals surface area contributed by atoms with Crippen molar-refractivity contribution in [2.24, 2.45) is 0 Å². The van der Waals surface area contributed by atoms with Crippen LogP contribution in [0.25, 0.3) is 0 Å². The maximum atomic E-state index is 2.37. The van der Waals surface area contributed by atoms with E-state index in [2.05, 4.69) is 110 Å². The highest BCUT2D eigenvalue weighted by Gasteiger charge is 2.03. The molecule has 0 saturated heterocycles. The van der Waals surface area contributed by atoms with Crippen molar-refractivity contribution < 1.29 is 0 Å². The number of anilines is 4. The van der Waals surface area contributed by atoms with Gasteiger partial charge in [-0.3, -0.25) is 0 Å². The van der Waals surface area contributed by atoms with Gasteiger partial charge in [-0.05, 0) is 61.4 Å². The summed E-state index contributed by atoms with van der Waals surface area (Å²) in [4.78, 5) is 9.02. The summed E-state index contributed by atoms with van der Waals surface area (Å²) in [7, 11) is 12.7. The van der Waals surface area contributed by atoms with Crippen LogP contribution in [0.1, 0.15) is 38.5 Å². The van der Waals surface area contributed by atoms with Gasteiger partial charge in [-0.2, -0.15) is 0 Å². The van der Waals surface area contributed by atoms with Crippen LogP contribution in [0.3, 0.4) is 0 Å². The van der Waals surface area contributed by atoms with Gasteiger partial charge in [-0.15, -0.1) is 0 Å². The first-order valence-electron chi connectivity index (χ1n) is 11.4. The van der Waals surface area contributed by atoms with Crippen LogP contribution < -0.4 is 19.6 Å². The van der Waals surface area contributed by atoms with Crippen LogP contribution in [-0.4, -0.2) is 55.4 Å². The van der Waals surface area contributed by atoms with Crippen LogP contribution in [0.4, 0.5) is 22.7 Å². The molecule has 2 rings (SSSR count). The van der Waals surface area contributed by atoms with Crippen molar-refractivity contribution >= 4 is 22.7 Å². The molecule has 2 aromatic carbocycles. The van der Waals surface area contributed by atoms with Crippen LogP contribution in [-0.2, 0) is 0 Å². The molecule has 166 valence electrons. The van der Waals surface area contributed by atoms with Gasteiger partial charge >= 0.3 is 0 Å². The summed E-state index contributed by atoms with van der Waals surface area (Å²) in [6.45, 7) is 2.26. The second-order valence-corrected chi connectivity index (χ2v) is 8.79. The van der Waals surface area contributed by atoms with Gasteiger partial charge in [-0.1, -0.05) is 25.7 Å². The van der Waals surface area contributed by atoms with Crippen LogP contribution in [0.2, 0.25) is 0 Å².